The minimum Gasteiger partial charge on any atom is -0.346 e. The number of likely N-dealkylation sites (tertiary alicyclic amines) is 2. The molecule has 0 unspecified atom stereocenters. The molecule has 1 amide bonds. The van der Waals surface area contributed by atoms with E-state index in [0.29, 0.717) is 17.7 Å². The normalized spacial score (nSPS) is 21.4. The van der Waals surface area contributed by atoms with Gasteiger partial charge in [0.25, 0.3) is 0 Å². The van der Waals surface area contributed by atoms with E-state index >= 15 is 0 Å². The van der Waals surface area contributed by atoms with Crippen LogP contribution in [0, 0.1) is 6.92 Å². The summed E-state index contributed by atoms with van der Waals surface area (Å²) in [6.45, 7) is 11.0. The van der Waals surface area contributed by atoms with Crippen molar-refractivity contribution in [2.45, 2.75) is 102 Å². The number of fused-ring (bicyclic) bond motifs is 4. The van der Waals surface area contributed by atoms with Crippen LogP contribution in [-0.4, -0.2) is 67.0 Å². The molecule has 0 atom stereocenters. The molecule has 8 rings (SSSR count). The third-order valence-electron chi connectivity index (χ3n) is 10.7. The predicted octanol–water partition coefficient (Wildman–Crippen LogP) is 6.58. The van der Waals surface area contributed by atoms with E-state index in [1.807, 2.05) is 15.9 Å². The molecule has 3 fully saturated rings. The molecule has 0 radical (unpaired) electrons. The maximum Gasteiger partial charge on any atom is 0.243 e. The first-order valence-corrected chi connectivity index (χ1v) is 16.8. The summed E-state index contributed by atoms with van der Waals surface area (Å²) in [7, 11) is 0. The van der Waals surface area contributed by atoms with Gasteiger partial charge in [-0.2, -0.15) is 5.10 Å². The number of aryl methyl sites for hydroxylation is 2. The molecule has 4 aliphatic rings. The molecule has 216 valence electrons. The van der Waals surface area contributed by atoms with Crippen molar-refractivity contribution in [3.05, 3.63) is 39.7 Å². The summed E-state index contributed by atoms with van der Waals surface area (Å²) < 4.78 is 1.98. The Morgan fingerprint density at radius 2 is 1.80 bits per heavy atom. The third kappa shape index (κ3) is 3.96. The van der Waals surface area contributed by atoms with Gasteiger partial charge in [-0.15, -0.1) is 11.3 Å². The number of H-pyrrole nitrogens is 1. The lowest BCUT2D eigenvalue weighted by Gasteiger charge is -2.39. The van der Waals surface area contributed by atoms with Crippen LogP contribution in [0.1, 0.15) is 104 Å². The molecule has 8 heteroatoms. The van der Waals surface area contributed by atoms with Crippen LogP contribution >= 0.6 is 11.3 Å². The fraction of sp³-hybridized carbons (Fsp3) is 0.606. The fourth-order valence-corrected chi connectivity index (χ4v) is 9.83. The average Bonchev–Trinajstić information content (AvgIpc) is 3.34. The van der Waals surface area contributed by atoms with E-state index in [1.54, 1.807) is 6.33 Å². The highest BCUT2D eigenvalue weighted by atomic mass is 32.1. The molecule has 7 nitrogen and oxygen atoms in total. The molecule has 1 saturated carbocycles. The second kappa shape index (κ2) is 9.66. The van der Waals surface area contributed by atoms with Crippen molar-refractivity contribution < 1.29 is 4.79 Å². The molecule has 0 bridgehead atoms. The maximum atomic E-state index is 13.7. The number of thiophene rings is 1. The summed E-state index contributed by atoms with van der Waals surface area (Å²) in [5, 5.41) is 5.95. The van der Waals surface area contributed by atoms with Crippen molar-refractivity contribution in [1.29, 1.82) is 0 Å². The van der Waals surface area contributed by atoms with Gasteiger partial charge < -0.3 is 9.88 Å². The van der Waals surface area contributed by atoms with Gasteiger partial charge in [0.15, 0.2) is 5.65 Å². The van der Waals surface area contributed by atoms with Gasteiger partial charge >= 0.3 is 0 Å². The second-order valence-corrected chi connectivity index (χ2v) is 14.4. The molecule has 4 aromatic heterocycles. The first-order chi connectivity index (χ1) is 20.0. The average molecular weight is 571 g/mol. The first kappa shape index (κ1) is 26.0. The molecule has 2 aliphatic heterocycles. The number of nitrogens with zero attached hydrogens (tertiary/aromatic N) is 5. The summed E-state index contributed by atoms with van der Waals surface area (Å²) >= 11 is 1.96. The van der Waals surface area contributed by atoms with Crippen LogP contribution < -0.4 is 0 Å². The summed E-state index contributed by atoms with van der Waals surface area (Å²) in [5.41, 5.74) is 9.17. The summed E-state index contributed by atoms with van der Waals surface area (Å²) in [6, 6.07) is 0. The lowest BCUT2D eigenvalue weighted by molar-refractivity contribution is -0.140. The zero-order chi connectivity index (χ0) is 27.9. The Bertz CT molecular complexity index is 1640. The minimum absolute atomic E-state index is 0.153. The number of amides is 1. The van der Waals surface area contributed by atoms with Crippen LogP contribution in [0.5, 0.6) is 0 Å². The Labute approximate surface area is 246 Å². The predicted molar refractivity (Wildman–Crippen MR) is 165 cm³/mol. The number of aromatic nitrogens is 4. The quantitative estimate of drug-likeness (QED) is 0.294. The molecule has 6 heterocycles. The van der Waals surface area contributed by atoms with Crippen molar-refractivity contribution in [2.75, 3.05) is 26.2 Å². The largest absolute Gasteiger partial charge is 0.346 e. The highest BCUT2D eigenvalue weighted by molar-refractivity contribution is 7.19. The van der Waals surface area contributed by atoms with Gasteiger partial charge in [0.1, 0.15) is 16.7 Å². The van der Waals surface area contributed by atoms with Crippen molar-refractivity contribution in [1.82, 2.24) is 29.4 Å². The lowest BCUT2D eigenvalue weighted by atomic mass is 9.89. The number of aromatic amines is 1. The molecule has 0 aromatic carbocycles. The zero-order valence-corrected chi connectivity index (χ0v) is 25.6. The number of nitrogens with one attached hydrogen (secondary N) is 1. The molecule has 2 saturated heterocycles. The summed E-state index contributed by atoms with van der Waals surface area (Å²) in [6.07, 6.45) is 15.4. The Hall–Kier alpha value is -2.71. The van der Waals surface area contributed by atoms with Gasteiger partial charge in [0.2, 0.25) is 5.91 Å². The topological polar surface area (TPSA) is 69.5 Å². The van der Waals surface area contributed by atoms with Crippen LogP contribution in [0.15, 0.2) is 12.5 Å². The van der Waals surface area contributed by atoms with Gasteiger partial charge in [-0.1, -0.05) is 20.3 Å². The van der Waals surface area contributed by atoms with Crippen LogP contribution in [0.4, 0.5) is 0 Å². The molecule has 4 aromatic rings. The number of hydrogen-bond acceptors (Lipinski definition) is 5. The van der Waals surface area contributed by atoms with E-state index in [0.717, 1.165) is 70.4 Å². The standard InChI is InChI=1S/C33H42N6OS/c1-20(2)26-27-21(3)29(22-10-16-37(17-11-22)32(40)33(12-13-33)38-14-5-4-6-15-38)41-31(27)36-28(26)25-18-39-30(34-19-35-39)24-9-7-8-23(24)25/h18-20,22,36H,4-17H2,1-3H3. The summed E-state index contributed by atoms with van der Waals surface area (Å²) in [5.74, 6) is 1.37. The number of hydrogen-bond donors (Lipinski definition) is 1. The highest BCUT2D eigenvalue weighted by Gasteiger charge is 2.56. The zero-order valence-electron chi connectivity index (χ0n) is 24.8. The monoisotopic (exact) mass is 570 g/mol. The van der Waals surface area contributed by atoms with Gasteiger partial charge in [0.05, 0.1) is 5.69 Å². The van der Waals surface area contributed by atoms with Gasteiger partial charge in [-0.05, 0) is 106 Å². The lowest BCUT2D eigenvalue weighted by Crippen LogP contribution is -2.53. The van der Waals surface area contributed by atoms with E-state index in [4.69, 9.17) is 0 Å². The molecule has 0 spiro atoms. The SMILES string of the molecule is Cc1c(C2CCN(C(=O)C3(N4CCCCC4)CC3)CC2)sc2[nH]c(-c3cn4ncnc4c4c3CCC4)c(C(C)C)c12. The van der Waals surface area contributed by atoms with E-state index < -0.39 is 0 Å². The number of carbonyl (C=O) groups is 1. The van der Waals surface area contributed by atoms with E-state index in [9.17, 15) is 4.79 Å². The van der Waals surface area contributed by atoms with Crippen LogP contribution in [0.25, 0.3) is 27.1 Å². The van der Waals surface area contributed by atoms with Gasteiger partial charge in [-0.3, -0.25) is 9.69 Å². The number of pyridine rings is 1. The van der Waals surface area contributed by atoms with E-state index in [2.05, 4.69) is 51.8 Å². The molecular weight excluding hydrogens is 528 g/mol. The van der Waals surface area contributed by atoms with Crippen molar-refractivity contribution in [3.8, 4) is 11.3 Å². The first-order valence-electron chi connectivity index (χ1n) is 16.0. The molecule has 41 heavy (non-hydrogen) atoms. The Morgan fingerprint density at radius 3 is 2.54 bits per heavy atom. The van der Waals surface area contributed by atoms with Crippen molar-refractivity contribution >= 4 is 33.1 Å². The highest BCUT2D eigenvalue weighted by Crippen LogP contribution is 2.49. The summed E-state index contributed by atoms with van der Waals surface area (Å²) in [4.78, 5) is 29.8. The van der Waals surface area contributed by atoms with Crippen molar-refractivity contribution in [2.24, 2.45) is 0 Å². The minimum atomic E-state index is -0.153. The van der Waals surface area contributed by atoms with Gasteiger partial charge in [-0.25, -0.2) is 9.50 Å². The molecule has 1 N–H and O–H groups in total. The van der Waals surface area contributed by atoms with Crippen LogP contribution in [0.2, 0.25) is 0 Å². The maximum absolute atomic E-state index is 13.7. The van der Waals surface area contributed by atoms with Crippen LogP contribution in [0.3, 0.4) is 0 Å². The van der Waals surface area contributed by atoms with Crippen molar-refractivity contribution in [3.63, 3.8) is 0 Å². The Balaban J connectivity index is 1.08. The van der Waals surface area contributed by atoms with E-state index in [-0.39, 0.29) is 5.54 Å². The number of carbonyl (C=O) groups excluding carboxylic acids is 1. The smallest absolute Gasteiger partial charge is 0.243 e. The van der Waals surface area contributed by atoms with Gasteiger partial charge in [0, 0.05) is 40.7 Å². The molecular formula is C33H42N6OS. The molecule has 2 aliphatic carbocycles. The Morgan fingerprint density at radius 1 is 1.05 bits per heavy atom. The third-order valence-corrected chi connectivity index (χ3v) is 12.1. The fourth-order valence-electron chi connectivity index (χ4n) is 8.44. The second-order valence-electron chi connectivity index (χ2n) is 13.4. The van der Waals surface area contributed by atoms with Crippen LogP contribution in [-0.2, 0) is 17.6 Å². The number of rotatable bonds is 5. The van der Waals surface area contributed by atoms with E-state index in [1.165, 1.54) is 74.3 Å². The number of piperidine rings is 2. The Kier molecular flexibility index (Phi) is 6.12.